The zero-order valence-electron chi connectivity index (χ0n) is 15.4. The summed E-state index contributed by atoms with van der Waals surface area (Å²) in [5, 5.41) is 7.96. The largest absolute Gasteiger partial charge is 0.493 e. The number of morpholine rings is 1. The highest BCUT2D eigenvalue weighted by Gasteiger charge is 2.23. The molecule has 1 aliphatic heterocycles. The molecular weight excluding hydrogens is 344 g/mol. The smallest absolute Gasteiger partial charge is 0.133 e. The van der Waals surface area contributed by atoms with E-state index in [1.165, 1.54) is 0 Å². The second-order valence-corrected chi connectivity index (χ2v) is 6.61. The minimum atomic E-state index is 0.243. The highest BCUT2D eigenvalue weighted by molar-refractivity contribution is 5.95. The minimum Gasteiger partial charge on any atom is -0.493 e. The van der Waals surface area contributed by atoms with Crippen LogP contribution in [0.25, 0.3) is 22.3 Å². The standard InChI is InChI=1S/C19H24N6O2/c1-13-12-26-10-8-25(13)17-11-16(27-9-2-5-20)14-3-6-21-19(18(14)23-17)15-4-7-22-24-15/h3-4,6-7,11,13H,2,5,8-10,12,20H2,1H3,(H,22,24)/t13-/m1/s1. The molecule has 1 saturated heterocycles. The summed E-state index contributed by atoms with van der Waals surface area (Å²) in [6.45, 7) is 5.46. The van der Waals surface area contributed by atoms with Crippen molar-refractivity contribution in [2.75, 3.05) is 37.8 Å². The van der Waals surface area contributed by atoms with Crippen molar-refractivity contribution in [1.29, 1.82) is 0 Å². The van der Waals surface area contributed by atoms with E-state index in [1.807, 2.05) is 18.2 Å². The maximum atomic E-state index is 6.07. The van der Waals surface area contributed by atoms with Gasteiger partial charge in [0.05, 0.1) is 31.6 Å². The molecule has 0 aromatic carbocycles. The predicted octanol–water partition coefficient (Wildman–Crippen LogP) is 1.97. The maximum absolute atomic E-state index is 6.07. The van der Waals surface area contributed by atoms with E-state index in [1.54, 1.807) is 12.4 Å². The number of nitrogens with one attached hydrogen (secondary N) is 1. The number of nitrogens with two attached hydrogens (primary N) is 1. The quantitative estimate of drug-likeness (QED) is 0.641. The minimum absolute atomic E-state index is 0.243. The molecule has 1 fully saturated rings. The van der Waals surface area contributed by atoms with Crippen LogP contribution in [0.2, 0.25) is 0 Å². The molecule has 4 rings (SSSR count). The lowest BCUT2D eigenvalue weighted by atomic mass is 10.1. The molecular formula is C19H24N6O2. The van der Waals surface area contributed by atoms with Gasteiger partial charge in [-0.2, -0.15) is 5.10 Å². The van der Waals surface area contributed by atoms with Gasteiger partial charge >= 0.3 is 0 Å². The number of fused-ring (bicyclic) bond motifs is 1. The van der Waals surface area contributed by atoms with E-state index < -0.39 is 0 Å². The molecule has 3 aromatic rings. The topological polar surface area (TPSA) is 102 Å². The molecule has 8 nitrogen and oxygen atoms in total. The Bertz CT molecular complexity index is 899. The van der Waals surface area contributed by atoms with Gasteiger partial charge in [0.25, 0.3) is 0 Å². The molecule has 0 radical (unpaired) electrons. The van der Waals surface area contributed by atoms with Crippen LogP contribution in [0.5, 0.6) is 5.75 Å². The van der Waals surface area contributed by atoms with Crippen LogP contribution in [0.15, 0.2) is 30.6 Å². The van der Waals surface area contributed by atoms with E-state index in [9.17, 15) is 0 Å². The third-order valence-electron chi connectivity index (χ3n) is 4.70. The van der Waals surface area contributed by atoms with Crippen molar-refractivity contribution in [2.24, 2.45) is 5.73 Å². The van der Waals surface area contributed by atoms with Crippen molar-refractivity contribution >= 4 is 16.7 Å². The molecule has 0 amide bonds. The highest BCUT2D eigenvalue weighted by atomic mass is 16.5. The summed E-state index contributed by atoms with van der Waals surface area (Å²) >= 11 is 0. The van der Waals surface area contributed by atoms with Gasteiger partial charge in [-0.05, 0) is 32.0 Å². The van der Waals surface area contributed by atoms with Gasteiger partial charge in [0, 0.05) is 30.4 Å². The Labute approximate surface area is 157 Å². The number of ether oxygens (including phenoxy) is 2. The van der Waals surface area contributed by atoms with Crippen molar-refractivity contribution in [2.45, 2.75) is 19.4 Å². The first-order valence-corrected chi connectivity index (χ1v) is 9.24. The number of hydrogen-bond acceptors (Lipinski definition) is 7. The van der Waals surface area contributed by atoms with Crippen LogP contribution in [0.1, 0.15) is 13.3 Å². The first-order valence-electron chi connectivity index (χ1n) is 9.24. The number of pyridine rings is 2. The Balaban J connectivity index is 1.84. The van der Waals surface area contributed by atoms with E-state index in [4.69, 9.17) is 20.2 Å². The second-order valence-electron chi connectivity index (χ2n) is 6.61. The zero-order valence-corrected chi connectivity index (χ0v) is 15.4. The second kappa shape index (κ2) is 7.89. The van der Waals surface area contributed by atoms with Gasteiger partial charge < -0.3 is 20.1 Å². The van der Waals surface area contributed by atoms with Crippen LogP contribution in [0, 0.1) is 0 Å². The van der Waals surface area contributed by atoms with E-state index >= 15 is 0 Å². The van der Waals surface area contributed by atoms with Gasteiger partial charge in [-0.1, -0.05) is 0 Å². The molecule has 3 aromatic heterocycles. The number of aromatic amines is 1. The monoisotopic (exact) mass is 368 g/mol. The summed E-state index contributed by atoms with van der Waals surface area (Å²) in [4.78, 5) is 11.7. The summed E-state index contributed by atoms with van der Waals surface area (Å²) < 4.78 is 11.6. The molecule has 1 atom stereocenters. The molecule has 0 spiro atoms. The van der Waals surface area contributed by atoms with Crippen LogP contribution >= 0.6 is 0 Å². The fourth-order valence-corrected chi connectivity index (χ4v) is 3.29. The lowest BCUT2D eigenvalue weighted by Gasteiger charge is -2.34. The Morgan fingerprint density at radius 3 is 3.07 bits per heavy atom. The number of aromatic nitrogens is 4. The molecule has 8 heteroatoms. The van der Waals surface area contributed by atoms with Gasteiger partial charge in [-0.25, -0.2) is 4.98 Å². The van der Waals surface area contributed by atoms with Crippen molar-refractivity contribution in [1.82, 2.24) is 20.2 Å². The molecule has 0 saturated carbocycles. The van der Waals surface area contributed by atoms with E-state index in [0.29, 0.717) is 26.4 Å². The van der Waals surface area contributed by atoms with Crippen LogP contribution in [-0.2, 0) is 4.74 Å². The SMILES string of the molecule is C[C@@H]1COCCN1c1cc(OCCCN)c2ccnc(-c3ccn[nH]3)c2n1. The van der Waals surface area contributed by atoms with Gasteiger partial charge in [-0.3, -0.25) is 10.1 Å². The van der Waals surface area contributed by atoms with E-state index in [0.717, 1.165) is 46.8 Å². The lowest BCUT2D eigenvalue weighted by Crippen LogP contribution is -2.44. The number of nitrogens with zero attached hydrogens (tertiary/aromatic N) is 4. The van der Waals surface area contributed by atoms with Crippen LogP contribution in [0.4, 0.5) is 5.82 Å². The van der Waals surface area contributed by atoms with Gasteiger partial charge in [0.15, 0.2) is 0 Å². The predicted molar refractivity (Wildman–Crippen MR) is 104 cm³/mol. The van der Waals surface area contributed by atoms with Gasteiger partial charge in [0.1, 0.15) is 22.8 Å². The first kappa shape index (κ1) is 17.7. The third-order valence-corrected chi connectivity index (χ3v) is 4.70. The molecule has 1 aliphatic rings. The number of H-pyrrole nitrogens is 1. The van der Waals surface area contributed by atoms with E-state index in [-0.39, 0.29) is 6.04 Å². The van der Waals surface area contributed by atoms with Crippen molar-refractivity contribution < 1.29 is 9.47 Å². The zero-order chi connectivity index (χ0) is 18.6. The Morgan fingerprint density at radius 2 is 2.30 bits per heavy atom. The Kier molecular flexibility index (Phi) is 5.17. The Morgan fingerprint density at radius 1 is 1.37 bits per heavy atom. The van der Waals surface area contributed by atoms with Crippen molar-refractivity contribution in [3.05, 3.63) is 30.6 Å². The molecule has 27 heavy (non-hydrogen) atoms. The van der Waals surface area contributed by atoms with Crippen molar-refractivity contribution in [3.63, 3.8) is 0 Å². The van der Waals surface area contributed by atoms with Crippen LogP contribution < -0.4 is 15.4 Å². The molecule has 142 valence electrons. The van der Waals surface area contributed by atoms with Gasteiger partial charge in [-0.15, -0.1) is 0 Å². The molecule has 0 bridgehead atoms. The normalized spacial score (nSPS) is 17.4. The molecule has 3 N–H and O–H groups in total. The van der Waals surface area contributed by atoms with Gasteiger partial charge in [0.2, 0.25) is 0 Å². The molecule has 4 heterocycles. The summed E-state index contributed by atoms with van der Waals surface area (Å²) in [6, 6.07) is 6.08. The van der Waals surface area contributed by atoms with Crippen LogP contribution in [-0.4, -0.2) is 59.1 Å². The average Bonchev–Trinajstić information content (AvgIpc) is 3.22. The fraction of sp³-hybridized carbons (Fsp3) is 0.421. The van der Waals surface area contributed by atoms with Crippen LogP contribution in [0.3, 0.4) is 0 Å². The average molecular weight is 368 g/mol. The molecule has 0 aliphatic carbocycles. The lowest BCUT2D eigenvalue weighted by molar-refractivity contribution is 0.0985. The fourth-order valence-electron chi connectivity index (χ4n) is 3.29. The number of anilines is 1. The first-order chi connectivity index (χ1) is 13.3. The highest BCUT2D eigenvalue weighted by Crippen LogP contribution is 2.34. The van der Waals surface area contributed by atoms with Crippen molar-refractivity contribution in [3.8, 4) is 17.1 Å². The number of rotatable bonds is 6. The molecule has 0 unspecified atom stereocenters. The summed E-state index contributed by atoms with van der Waals surface area (Å²) in [6.07, 6.45) is 4.28. The third kappa shape index (κ3) is 3.58. The summed E-state index contributed by atoms with van der Waals surface area (Å²) in [5.74, 6) is 1.67. The summed E-state index contributed by atoms with van der Waals surface area (Å²) in [7, 11) is 0. The van der Waals surface area contributed by atoms with E-state index in [2.05, 4.69) is 27.0 Å². The number of hydrogen-bond donors (Lipinski definition) is 2. The maximum Gasteiger partial charge on any atom is 0.133 e. The Hall–Kier alpha value is -2.71. The summed E-state index contributed by atoms with van der Waals surface area (Å²) in [5.41, 5.74) is 8.00.